The Morgan fingerprint density at radius 2 is 0.590 bits per heavy atom. The lowest BCUT2D eigenvalue weighted by atomic mass is 9.85. The number of nitriles is 2. The normalized spacial score (nSPS) is 18.0. The number of hydrogen-bond acceptors (Lipinski definition) is 22. The quantitative estimate of drug-likeness (QED) is 0.0304. The number of allylic oxidation sites excluding steroid dienone is 4. The van der Waals surface area contributed by atoms with E-state index in [0.29, 0.717) is 60.6 Å². The topological polar surface area (TPSA) is 284 Å². The summed E-state index contributed by atoms with van der Waals surface area (Å²) in [6, 6.07) is 84.5. The van der Waals surface area contributed by atoms with E-state index in [2.05, 4.69) is 31.7 Å². The first-order valence-corrected chi connectivity index (χ1v) is 51.8. The van der Waals surface area contributed by atoms with Crippen LogP contribution >= 0.6 is 0 Å². The lowest BCUT2D eigenvalue weighted by molar-refractivity contribution is 0.0668. The number of fused-ring (bicyclic) bond motifs is 4. The second kappa shape index (κ2) is 45.1. The van der Waals surface area contributed by atoms with Crippen molar-refractivity contribution >= 4 is 64.3 Å². The van der Waals surface area contributed by atoms with Crippen LogP contribution in [-0.2, 0) is 19.7 Å². The van der Waals surface area contributed by atoms with Gasteiger partial charge in [-0.3, -0.25) is 37.2 Å². The first-order valence-electron chi connectivity index (χ1n) is 48.1. The number of phenols is 4. The van der Waals surface area contributed by atoms with Crippen molar-refractivity contribution < 1.29 is 92.7 Å². The number of halogens is 4. The third kappa shape index (κ3) is 23.7. The maximum atomic E-state index is 12.6. The van der Waals surface area contributed by atoms with Crippen molar-refractivity contribution in [2.45, 2.75) is 61.9 Å². The summed E-state index contributed by atoms with van der Waals surface area (Å²) in [5.41, 5.74) is 19.1. The van der Waals surface area contributed by atoms with Crippen LogP contribution in [0.4, 0.5) is 17.6 Å². The number of phenolic OH excluding ortho intramolecular Hbond substituents is 4. The van der Waals surface area contributed by atoms with Crippen LogP contribution in [0.5, 0.6) is 69.0 Å². The van der Waals surface area contributed by atoms with Gasteiger partial charge in [-0.25, -0.2) is 16.8 Å². The van der Waals surface area contributed by atoms with Gasteiger partial charge < -0.3 is 58.3 Å². The second-order valence-electron chi connectivity index (χ2n) is 37.6. The van der Waals surface area contributed by atoms with Gasteiger partial charge in [0.1, 0.15) is 120 Å². The molecule has 4 fully saturated rings. The largest absolute Gasteiger partial charge is 0.508 e. The number of benzene rings is 12. The van der Waals surface area contributed by atoms with E-state index in [1.54, 1.807) is 121 Å². The van der Waals surface area contributed by atoms with Crippen molar-refractivity contribution in [2.24, 2.45) is 23.7 Å². The minimum Gasteiger partial charge on any atom is -0.508 e. The van der Waals surface area contributed by atoms with Crippen LogP contribution in [0.3, 0.4) is 0 Å². The molecule has 0 aliphatic carbocycles. The summed E-state index contributed by atoms with van der Waals surface area (Å²) in [6.07, 6.45) is 0.662. The predicted octanol–water partition coefficient (Wildman–Crippen LogP) is 21.5. The SMILES string of the molecule is CC1=C(c2ccc(S(C)(=O)=O)cc2)[C@@H](c2ccc(OCCN3CC(CF)C3)cc2)Oc2ccc(O)cc21.CC1=C(c2cccc(C#N)c2)[C@@H](c2ccc(OCCN3CC(CF)C3)cc2)Oc2cc(O)ccc21.CC1=C(c2cccc(C#N)c2)[C@@H](c2ccc(OCCN3CC(CF)C3)cc2)Oc2ccc(O)cc21.CC1=C(c2cccc(S(C)(=O)=O)c2)[C@@H](c2ccc(OCCN3CC(CF)C3)cc2)Oc2ccc(O)cc21. The van der Waals surface area contributed by atoms with Crippen molar-refractivity contribution in [1.82, 2.24) is 19.6 Å². The van der Waals surface area contributed by atoms with Crippen molar-refractivity contribution in [3.05, 3.63) is 345 Å². The summed E-state index contributed by atoms with van der Waals surface area (Å²) in [5, 5.41) is 59.1. The minimum atomic E-state index is -3.40. The number of sulfone groups is 2. The number of nitrogens with zero attached hydrogens (tertiary/aromatic N) is 6. The van der Waals surface area contributed by atoms with Crippen LogP contribution in [0.1, 0.15) is 130 Å². The lowest BCUT2D eigenvalue weighted by Gasteiger charge is -2.37. The van der Waals surface area contributed by atoms with Gasteiger partial charge in [-0.2, -0.15) is 10.5 Å². The molecular weight excluding hydrogens is 1870 g/mol. The number of rotatable bonds is 30. The Bertz CT molecular complexity index is 7110. The van der Waals surface area contributed by atoms with Gasteiger partial charge in [0.2, 0.25) is 0 Å². The summed E-state index contributed by atoms with van der Waals surface area (Å²) in [7, 11) is -6.71. The van der Waals surface area contributed by atoms with E-state index < -0.39 is 38.0 Å². The van der Waals surface area contributed by atoms with Gasteiger partial charge in [0.25, 0.3) is 0 Å². The van der Waals surface area contributed by atoms with E-state index in [0.717, 1.165) is 213 Å². The molecule has 0 radical (unpaired) electrons. The van der Waals surface area contributed by atoms with Gasteiger partial charge in [0.05, 0.1) is 59.8 Å². The van der Waals surface area contributed by atoms with Gasteiger partial charge in [0.15, 0.2) is 19.7 Å². The van der Waals surface area contributed by atoms with Crippen LogP contribution in [0.15, 0.2) is 277 Å². The Labute approximate surface area is 837 Å². The smallest absolute Gasteiger partial charge is 0.175 e. The van der Waals surface area contributed by atoms with E-state index in [9.17, 15) is 65.3 Å². The zero-order valence-corrected chi connectivity index (χ0v) is 82.5. The van der Waals surface area contributed by atoms with E-state index >= 15 is 0 Å². The van der Waals surface area contributed by atoms with Crippen molar-refractivity contribution in [1.29, 1.82) is 10.5 Å². The van der Waals surface area contributed by atoms with E-state index in [1.165, 1.54) is 12.5 Å². The lowest BCUT2D eigenvalue weighted by Crippen LogP contribution is -2.49. The summed E-state index contributed by atoms with van der Waals surface area (Å²) in [4.78, 5) is 9.22. The molecule has 0 bridgehead atoms. The first-order chi connectivity index (χ1) is 69.5. The average molecular weight is 1990 g/mol. The number of hydrogen-bond donors (Lipinski definition) is 4. The molecule has 12 aromatic carbocycles. The van der Waals surface area contributed by atoms with E-state index in [4.69, 9.17) is 37.9 Å². The monoisotopic (exact) mass is 1990 g/mol. The Balaban J connectivity index is 0.000000132. The molecule has 12 aromatic rings. The van der Waals surface area contributed by atoms with Crippen LogP contribution in [-0.4, -0.2) is 201 Å². The molecule has 28 heteroatoms. The molecule has 0 aromatic heterocycles. The Kier molecular flexibility index (Phi) is 31.7. The molecule has 22 nitrogen and oxygen atoms in total. The molecule has 4 N–H and O–H groups in total. The van der Waals surface area contributed by atoms with Crippen molar-refractivity contribution in [3.63, 3.8) is 0 Å². The summed E-state index contributed by atoms with van der Waals surface area (Å²) < 4.78 is 148. The fourth-order valence-corrected chi connectivity index (χ4v) is 20.7. The molecule has 8 aliphatic rings. The van der Waals surface area contributed by atoms with Gasteiger partial charge in [-0.15, -0.1) is 0 Å². The molecule has 4 saturated heterocycles. The highest BCUT2D eigenvalue weighted by molar-refractivity contribution is 7.91. The predicted molar refractivity (Wildman–Crippen MR) is 549 cm³/mol. The second-order valence-corrected chi connectivity index (χ2v) is 41.7. The fourth-order valence-electron chi connectivity index (χ4n) is 19.4. The highest BCUT2D eigenvalue weighted by Gasteiger charge is 2.38. The molecule has 144 heavy (non-hydrogen) atoms. The van der Waals surface area contributed by atoms with Crippen LogP contribution in [0.25, 0.3) is 44.6 Å². The standard InChI is InChI=1S/2C29H27FN2O3.2C29H30FNO5S/c1-19-26-14-24(33)7-10-27(26)35-29(28(19)23-4-2-3-20(13-23)16-31)22-5-8-25(9-6-22)34-12-11-32-17-21(15-30)18-32;1-19-26-10-7-24(33)14-27(26)35-29(28(19)23-4-2-3-20(13-23)16-31)22-5-8-25(9-6-22)34-12-11-32-17-21(15-30)18-32;1-19-26-15-23(32)7-12-27(26)36-29(28(19)21-5-10-25(11-6-21)37(2,33)34)22-3-8-24(9-4-22)35-14-13-31-17-20(16-30)18-31;1-19-26-15-23(32)8-11-27(26)36-29(28(19)22-4-3-5-25(14-22)37(2,33)34)21-6-9-24(10-7-21)35-13-12-31-17-20(16-30)18-31/h2*2-10,13-14,21,29,33H,11-12,15,17-18H2,1H3;3-12,15,20,29,32H,13-14,16-18H2,1-2H3;3-11,14-15,20,29,32H,12-13,16-18H2,1-2H3/t4*29-/m1111/s1. The summed E-state index contributed by atoms with van der Waals surface area (Å²) in [6.45, 7) is 18.6. The molecule has 0 saturated carbocycles. The molecule has 8 aliphatic heterocycles. The molecule has 4 atom stereocenters. The molecule has 744 valence electrons. The number of aromatic hydroxyl groups is 4. The molecule has 0 amide bonds. The Morgan fingerprint density at radius 1 is 0.312 bits per heavy atom. The zero-order chi connectivity index (χ0) is 101. The van der Waals surface area contributed by atoms with Crippen LogP contribution in [0.2, 0.25) is 0 Å². The zero-order valence-electron chi connectivity index (χ0n) is 80.9. The average Bonchev–Trinajstić information content (AvgIpc) is 0.760. The summed E-state index contributed by atoms with van der Waals surface area (Å²) in [5.74, 6) is 6.91. The van der Waals surface area contributed by atoms with Crippen molar-refractivity contribution in [3.8, 4) is 81.1 Å². The fraction of sp³-hybridized carbons (Fsp3) is 0.293. The Hall–Kier alpha value is -14.4. The van der Waals surface area contributed by atoms with Gasteiger partial charge in [-0.05, 0) is 258 Å². The van der Waals surface area contributed by atoms with E-state index in [1.807, 2.05) is 173 Å². The number of ether oxygens (including phenoxy) is 8. The number of alkyl halides is 4. The molecule has 20 rings (SSSR count). The third-order valence-corrected chi connectivity index (χ3v) is 29.6. The van der Waals surface area contributed by atoms with Crippen LogP contribution in [0, 0.1) is 46.3 Å². The van der Waals surface area contributed by atoms with Gasteiger partial charge >= 0.3 is 0 Å². The van der Waals surface area contributed by atoms with Gasteiger partial charge in [-0.1, -0.05) is 97.1 Å². The molecule has 8 heterocycles. The maximum Gasteiger partial charge on any atom is 0.175 e. The van der Waals surface area contributed by atoms with E-state index in [-0.39, 0.29) is 89.3 Å². The molecule has 0 unspecified atom stereocenters. The summed E-state index contributed by atoms with van der Waals surface area (Å²) >= 11 is 0. The number of likely N-dealkylation sites (tertiary alicyclic amines) is 4. The highest BCUT2D eigenvalue weighted by Crippen LogP contribution is 2.53. The molecule has 0 spiro atoms. The molecular formula is C116H114F4N6O16S2. The highest BCUT2D eigenvalue weighted by atomic mass is 32.2. The minimum absolute atomic E-state index is 0.129. The maximum absolute atomic E-state index is 12.6. The first kappa shape index (κ1) is 101. The van der Waals surface area contributed by atoms with Crippen LogP contribution < -0.4 is 37.9 Å². The van der Waals surface area contributed by atoms with Gasteiger partial charge in [0, 0.05) is 165 Å². The Morgan fingerprint density at radius 3 is 0.896 bits per heavy atom. The van der Waals surface area contributed by atoms with Crippen molar-refractivity contribution in [2.75, 3.05) is 144 Å². The third-order valence-electron chi connectivity index (χ3n) is 27.3.